The van der Waals surface area contributed by atoms with Crippen molar-refractivity contribution in [3.63, 3.8) is 0 Å². The highest BCUT2D eigenvalue weighted by atomic mass is 32.2. The van der Waals surface area contributed by atoms with Crippen LogP contribution in [0.1, 0.15) is 66.7 Å². The number of carbonyl (C=O) groups is 3. The zero-order valence-electron chi connectivity index (χ0n) is 19.8. The molecular weight excluding hydrogens is 414 g/mol. The predicted molar refractivity (Wildman–Crippen MR) is 123 cm³/mol. The Morgan fingerprint density at radius 1 is 1.19 bits per heavy atom. The maximum absolute atomic E-state index is 13.7. The van der Waals surface area contributed by atoms with Crippen molar-refractivity contribution in [2.24, 2.45) is 17.3 Å². The van der Waals surface area contributed by atoms with Gasteiger partial charge < -0.3 is 20.6 Å². The number of thioether (sulfide) groups is 1. The quantitative estimate of drug-likeness (QED) is 0.488. The van der Waals surface area contributed by atoms with Crippen molar-refractivity contribution in [3.8, 4) is 0 Å². The lowest BCUT2D eigenvalue weighted by atomic mass is 9.70. The first kappa shape index (κ1) is 24.4. The van der Waals surface area contributed by atoms with E-state index in [-0.39, 0.29) is 40.9 Å². The van der Waals surface area contributed by atoms with Crippen LogP contribution in [-0.4, -0.2) is 69.5 Å². The monoisotopic (exact) mass is 453 g/mol. The molecule has 3 saturated heterocycles. The molecule has 8 heteroatoms. The molecule has 176 valence electrons. The van der Waals surface area contributed by atoms with Gasteiger partial charge in [0, 0.05) is 31.0 Å². The van der Waals surface area contributed by atoms with Crippen LogP contribution in [0.3, 0.4) is 0 Å². The summed E-state index contributed by atoms with van der Waals surface area (Å²) in [5.41, 5.74) is -0.361. The summed E-state index contributed by atoms with van der Waals surface area (Å²) in [5.74, 6) is -1.11. The number of hydrogen-bond donors (Lipinski definition) is 3. The number of likely N-dealkylation sites (tertiary alicyclic amines) is 1. The first-order valence-corrected chi connectivity index (χ1v) is 12.4. The van der Waals surface area contributed by atoms with E-state index < -0.39 is 22.2 Å². The van der Waals surface area contributed by atoms with Gasteiger partial charge in [0.25, 0.3) is 0 Å². The zero-order valence-corrected chi connectivity index (χ0v) is 20.6. The van der Waals surface area contributed by atoms with E-state index in [1.165, 1.54) is 0 Å². The second kappa shape index (κ2) is 8.58. The molecule has 5 atom stereocenters. The number of hydrogen-bond acceptors (Lipinski definition) is 5. The van der Waals surface area contributed by atoms with Crippen LogP contribution in [0.5, 0.6) is 0 Å². The highest BCUT2D eigenvalue weighted by Gasteiger charge is 2.73. The molecule has 0 radical (unpaired) electrons. The van der Waals surface area contributed by atoms with Crippen LogP contribution in [0.25, 0.3) is 0 Å². The second-order valence-corrected chi connectivity index (χ2v) is 12.8. The Morgan fingerprint density at radius 3 is 2.45 bits per heavy atom. The van der Waals surface area contributed by atoms with Gasteiger partial charge in [-0.15, -0.1) is 11.8 Å². The van der Waals surface area contributed by atoms with Crippen molar-refractivity contribution < 1.29 is 19.5 Å². The molecule has 3 N–H and O–H groups in total. The molecule has 3 heterocycles. The summed E-state index contributed by atoms with van der Waals surface area (Å²) in [6.07, 6.45) is 3.66. The summed E-state index contributed by atoms with van der Waals surface area (Å²) < 4.78 is -0.542. The van der Waals surface area contributed by atoms with Crippen LogP contribution in [-0.2, 0) is 14.4 Å². The van der Waals surface area contributed by atoms with E-state index in [1.54, 1.807) is 23.7 Å². The summed E-state index contributed by atoms with van der Waals surface area (Å²) in [5, 5.41) is 15.3. The molecule has 0 aromatic carbocycles. The lowest BCUT2D eigenvalue weighted by molar-refractivity contribution is -0.140. The number of rotatable bonds is 8. The van der Waals surface area contributed by atoms with E-state index in [4.69, 9.17) is 0 Å². The molecule has 0 saturated carbocycles. The van der Waals surface area contributed by atoms with Gasteiger partial charge in [0.2, 0.25) is 17.7 Å². The number of fused-ring (bicyclic) bond motifs is 1. The third-order valence-electron chi connectivity index (χ3n) is 6.84. The van der Waals surface area contributed by atoms with E-state index in [1.807, 2.05) is 13.8 Å². The lowest BCUT2D eigenvalue weighted by Gasteiger charge is -2.38. The highest BCUT2D eigenvalue weighted by Crippen LogP contribution is 2.66. The van der Waals surface area contributed by atoms with Crippen molar-refractivity contribution in [2.45, 2.75) is 88.3 Å². The maximum Gasteiger partial charge on any atom is 0.244 e. The standard InChI is InChI=1S/C23H39N3O4S/c1-21(2,3)13-22(4,5)25-19(29)17-23-10-9-14(31-23)15(18(28)24-6)16(23)20(30)26(17)11-7-8-12-27/h14-17,27H,7-13H2,1-6H3,(H,24,28)(H,25,29)/t14-,15+,16-,17?,23?/m0/s1. The minimum absolute atomic E-state index is 0.0504. The van der Waals surface area contributed by atoms with Crippen LogP contribution >= 0.6 is 11.8 Å². The highest BCUT2D eigenvalue weighted by molar-refractivity contribution is 8.02. The number of carbonyl (C=O) groups excluding carboxylic acids is 3. The topological polar surface area (TPSA) is 98.7 Å². The Morgan fingerprint density at radius 2 is 1.87 bits per heavy atom. The number of unbranched alkanes of at least 4 members (excludes halogenated alkanes) is 1. The van der Waals surface area contributed by atoms with Gasteiger partial charge in [-0.05, 0) is 51.4 Å². The molecular formula is C23H39N3O4S. The maximum atomic E-state index is 13.7. The molecule has 1 spiro atoms. The third kappa shape index (κ3) is 4.47. The summed E-state index contributed by atoms with van der Waals surface area (Å²) in [7, 11) is 1.61. The van der Waals surface area contributed by atoms with Gasteiger partial charge in [0.1, 0.15) is 6.04 Å². The average molecular weight is 454 g/mol. The molecule has 31 heavy (non-hydrogen) atoms. The van der Waals surface area contributed by atoms with Crippen molar-refractivity contribution in [3.05, 3.63) is 0 Å². The molecule has 3 amide bonds. The van der Waals surface area contributed by atoms with Crippen molar-refractivity contribution in [1.29, 1.82) is 0 Å². The minimum Gasteiger partial charge on any atom is -0.396 e. The number of nitrogens with zero attached hydrogens (tertiary/aromatic N) is 1. The van der Waals surface area contributed by atoms with Gasteiger partial charge in [-0.3, -0.25) is 14.4 Å². The van der Waals surface area contributed by atoms with E-state index in [0.717, 1.165) is 19.3 Å². The van der Waals surface area contributed by atoms with Crippen LogP contribution < -0.4 is 10.6 Å². The Hall–Kier alpha value is -1.28. The normalized spacial score (nSPS) is 32.4. The lowest BCUT2D eigenvalue weighted by Crippen LogP contribution is -2.58. The van der Waals surface area contributed by atoms with Crippen molar-refractivity contribution >= 4 is 29.5 Å². The van der Waals surface area contributed by atoms with Gasteiger partial charge in [0.05, 0.1) is 16.6 Å². The smallest absolute Gasteiger partial charge is 0.244 e. The van der Waals surface area contributed by atoms with Gasteiger partial charge >= 0.3 is 0 Å². The summed E-state index contributed by atoms with van der Waals surface area (Å²) in [6.45, 7) is 11.0. The van der Waals surface area contributed by atoms with Gasteiger partial charge in [-0.1, -0.05) is 20.8 Å². The Bertz CT molecular complexity index is 735. The van der Waals surface area contributed by atoms with E-state index in [0.29, 0.717) is 19.4 Å². The molecule has 0 aromatic heterocycles. The molecule has 3 aliphatic rings. The molecule has 2 unspecified atom stereocenters. The molecule has 7 nitrogen and oxygen atoms in total. The Labute approximate surface area is 190 Å². The molecule has 0 aromatic rings. The SMILES string of the molecule is CNC(=O)[C@@H]1[C@@H]2CCC3(S2)C(C(=O)NC(C)(C)CC(C)(C)C)N(CCCCO)C(=O)[C@H]13. The van der Waals surface area contributed by atoms with E-state index in [9.17, 15) is 19.5 Å². The van der Waals surface area contributed by atoms with Crippen LogP contribution in [0.2, 0.25) is 0 Å². The van der Waals surface area contributed by atoms with Crippen molar-refractivity contribution in [1.82, 2.24) is 15.5 Å². The fourth-order valence-electron chi connectivity index (χ4n) is 6.33. The zero-order chi connectivity index (χ0) is 23.2. The molecule has 3 fully saturated rings. The van der Waals surface area contributed by atoms with Crippen LogP contribution in [0.4, 0.5) is 0 Å². The number of aliphatic hydroxyl groups is 1. The summed E-state index contributed by atoms with van der Waals surface area (Å²) in [6, 6.07) is -0.576. The van der Waals surface area contributed by atoms with Crippen LogP contribution in [0.15, 0.2) is 0 Å². The summed E-state index contributed by atoms with van der Waals surface area (Å²) in [4.78, 5) is 41.7. The van der Waals surface area contributed by atoms with Gasteiger partial charge in [-0.25, -0.2) is 0 Å². The number of amides is 3. The van der Waals surface area contributed by atoms with Gasteiger partial charge in [0.15, 0.2) is 0 Å². The van der Waals surface area contributed by atoms with Gasteiger partial charge in [-0.2, -0.15) is 0 Å². The second-order valence-electron chi connectivity index (χ2n) is 11.2. The first-order chi connectivity index (χ1) is 14.4. The van der Waals surface area contributed by atoms with E-state index in [2.05, 4.69) is 31.4 Å². The fourth-order valence-corrected chi connectivity index (χ4v) is 8.55. The van der Waals surface area contributed by atoms with E-state index >= 15 is 0 Å². The molecule has 0 aliphatic carbocycles. The Kier molecular flexibility index (Phi) is 6.74. The third-order valence-corrected chi connectivity index (χ3v) is 8.79. The molecule has 3 aliphatic heterocycles. The number of aliphatic hydroxyl groups excluding tert-OH is 1. The average Bonchev–Trinajstić information content (AvgIpc) is 3.26. The largest absolute Gasteiger partial charge is 0.396 e. The minimum atomic E-state index is -0.576. The Balaban J connectivity index is 1.92. The first-order valence-electron chi connectivity index (χ1n) is 11.5. The fraction of sp³-hybridized carbons (Fsp3) is 0.870. The molecule has 3 rings (SSSR count). The summed E-state index contributed by atoms with van der Waals surface area (Å²) >= 11 is 1.69. The van der Waals surface area contributed by atoms with Crippen LogP contribution in [0, 0.1) is 17.3 Å². The predicted octanol–water partition coefficient (Wildman–Crippen LogP) is 1.93. The van der Waals surface area contributed by atoms with Crippen molar-refractivity contribution in [2.75, 3.05) is 20.2 Å². The number of nitrogens with one attached hydrogen (secondary N) is 2. The molecule has 2 bridgehead atoms.